The van der Waals surface area contributed by atoms with Crippen LogP contribution in [0.1, 0.15) is 46.9 Å². The first-order chi connectivity index (χ1) is 11.6. The van der Waals surface area contributed by atoms with Crippen molar-refractivity contribution in [2.45, 2.75) is 45.6 Å². The van der Waals surface area contributed by atoms with Crippen LogP contribution in [0.4, 0.5) is 0 Å². The van der Waals surface area contributed by atoms with Crippen LogP contribution in [0, 0.1) is 6.92 Å². The van der Waals surface area contributed by atoms with Gasteiger partial charge in [-0.2, -0.15) is 0 Å². The van der Waals surface area contributed by atoms with Crippen LogP contribution in [0.15, 0.2) is 18.2 Å². The van der Waals surface area contributed by atoms with Crippen LogP contribution in [0.2, 0.25) is 0 Å². The molecule has 4 nitrogen and oxygen atoms in total. The molecular weight excluding hydrogens is 300 g/mol. The number of morpholine rings is 1. The van der Waals surface area contributed by atoms with Gasteiger partial charge in [-0.1, -0.05) is 11.6 Å². The smallest absolute Gasteiger partial charge is 0.255 e. The van der Waals surface area contributed by atoms with Crippen molar-refractivity contribution in [1.29, 1.82) is 0 Å². The quantitative estimate of drug-likeness (QED) is 0.808. The van der Waals surface area contributed by atoms with E-state index in [0.29, 0.717) is 19.7 Å². The monoisotopic (exact) mass is 324 g/mol. The van der Waals surface area contributed by atoms with Crippen LogP contribution in [0.25, 0.3) is 10.9 Å². The molecule has 1 saturated heterocycles. The summed E-state index contributed by atoms with van der Waals surface area (Å²) in [4.78, 5) is 20.2. The first-order valence-electron chi connectivity index (χ1n) is 8.96. The number of pyridine rings is 1. The molecule has 1 atom stereocenters. The SMILES string of the molecule is Cc1ccc2nc3c(c(C(=O)N4CCOC(C)C4)c2c1)CCCC3. The Hall–Kier alpha value is -1.94. The van der Waals surface area contributed by atoms with E-state index in [-0.39, 0.29) is 12.0 Å². The maximum absolute atomic E-state index is 13.4. The zero-order valence-electron chi connectivity index (χ0n) is 14.5. The van der Waals surface area contributed by atoms with Crippen molar-refractivity contribution >= 4 is 16.8 Å². The zero-order valence-corrected chi connectivity index (χ0v) is 14.5. The van der Waals surface area contributed by atoms with E-state index in [4.69, 9.17) is 9.72 Å². The van der Waals surface area contributed by atoms with Gasteiger partial charge in [-0.25, -0.2) is 0 Å². The van der Waals surface area contributed by atoms with Gasteiger partial charge in [0.1, 0.15) is 0 Å². The maximum Gasteiger partial charge on any atom is 0.255 e. The number of nitrogens with zero attached hydrogens (tertiary/aromatic N) is 2. The van der Waals surface area contributed by atoms with E-state index in [1.54, 1.807) is 0 Å². The Morgan fingerprint density at radius 1 is 1.29 bits per heavy atom. The molecule has 1 aromatic heterocycles. The summed E-state index contributed by atoms with van der Waals surface area (Å²) >= 11 is 0. The fourth-order valence-corrected chi connectivity index (χ4v) is 3.94. The Labute approximate surface area is 142 Å². The minimum Gasteiger partial charge on any atom is -0.375 e. The lowest BCUT2D eigenvalue weighted by molar-refractivity contribution is -0.0124. The van der Waals surface area contributed by atoms with Crippen molar-refractivity contribution in [3.63, 3.8) is 0 Å². The number of aryl methyl sites for hydroxylation is 2. The summed E-state index contributed by atoms with van der Waals surface area (Å²) in [5.74, 6) is 0.154. The minimum absolute atomic E-state index is 0.105. The topological polar surface area (TPSA) is 42.4 Å². The van der Waals surface area contributed by atoms with Crippen LogP contribution in [-0.4, -0.2) is 41.6 Å². The van der Waals surface area contributed by atoms with E-state index in [2.05, 4.69) is 25.1 Å². The molecule has 1 aliphatic heterocycles. The number of carbonyl (C=O) groups excluding carboxylic acids is 1. The molecule has 1 unspecified atom stereocenters. The Morgan fingerprint density at radius 2 is 2.12 bits per heavy atom. The van der Waals surface area contributed by atoms with Gasteiger partial charge in [0, 0.05) is 24.2 Å². The average molecular weight is 324 g/mol. The first-order valence-corrected chi connectivity index (χ1v) is 8.96. The van der Waals surface area contributed by atoms with Gasteiger partial charge < -0.3 is 9.64 Å². The summed E-state index contributed by atoms with van der Waals surface area (Å²) in [6, 6.07) is 6.25. The number of ether oxygens (including phenoxy) is 1. The maximum atomic E-state index is 13.4. The molecule has 1 aromatic carbocycles. The molecule has 126 valence electrons. The third kappa shape index (κ3) is 2.69. The summed E-state index contributed by atoms with van der Waals surface area (Å²) in [6.45, 7) is 6.07. The van der Waals surface area contributed by atoms with Gasteiger partial charge in [-0.05, 0) is 57.2 Å². The molecular formula is C20H24N2O2. The molecule has 1 amide bonds. The lowest BCUT2D eigenvalue weighted by atomic mass is 9.89. The summed E-state index contributed by atoms with van der Waals surface area (Å²) in [5.41, 5.74) is 5.33. The van der Waals surface area contributed by atoms with Gasteiger partial charge in [-0.15, -0.1) is 0 Å². The largest absolute Gasteiger partial charge is 0.375 e. The molecule has 1 fully saturated rings. The summed E-state index contributed by atoms with van der Waals surface area (Å²) in [7, 11) is 0. The van der Waals surface area contributed by atoms with E-state index in [1.165, 1.54) is 17.5 Å². The summed E-state index contributed by atoms with van der Waals surface area (Å²) in [6.07, 6.45) is 4.37. The molecule has 0 saturated carbocycles. The number of amides is 1. The van der Waals surface area contributed by atoms with Gasteiger partial charge in [0.15, 0.2) is 0 Å². The highest BCUT2D eigenvalue weighted by Gasteiger charge is 2.28. The van der Waals surface area contributed by atoms with Gasteiger partial charge in [0.2, 0.25) is 0 Å². The number of hydrogen-bond acceptors (Lipinski definition) is 3. The van der Waals surface area contributed by atoms with E-state index < -0.39 is 0 Å². The first kappa shape index (κ1) is 15.6. The molecule has 0 spiro atoms. The number of carbonyl (C=O) groups is 1. The third-order valence-corrected chi connectivity index (χ3v) is 5.16. The van der Waals surface area contributed by atoms with Crippen LogP contribution in [0.3, 0.4) is 0 Å². The fourth-order valence-electron chi connectivity index (χ4n) is 3.94. The fraction of sp³-hybridized carbons (Fsp3) is 0.500. The normalized spacial score (nSPS) is 20.9. The second-order valence-corrected chi connectivity index (χ2v) is 7.07. The van der Waals surface area contributed by atoms with Gasteiger partial charge >= 0.3 is 0 Å². The second kappa shape index (κ2) is 6.17. The van der Waals surface area contributed by atoms with Gasteiger partial charge in [-0.3, -0.25) is 9.78 Å². The molecule has 2 aliphatic rings. The predicted molar refractivity (Wildman–Crippen MR) is 94.4 cm³/mol. The Morgan fingerprint density at radius 3 is 2.96 bits per heavy atom. The Balaban J connectivity index is 1.88. The summed E-state index contributed by atoms with van der Waals surface area (Å²) < 4.78 is 5.61. The summed E-state index contributed by atoms with van der Waals surface area (Å²) in [5, 5.41) is 1.01. The molecule has 0 bridgehead atoms. The Kier molecular flexibility index (Phi) is 4.01. The minimum atomic E-state index is 0.105. The van der Waals surface area contributed by atoms with Crippen LogP contribution in [0.5, 0.6) is 0 Å². The highest BCUT2D eigenvalue weighted by molar-refractivity contribution is 6.08. The molecule has 4 rings (SSSR count). The lowest BCUT2D eigenvalue weighted by Crippen LogP contribution is -2.45. The van der Waals surface area contributed by atoms with Gasteiger partial charge in [0.05, 0.1) is 23.8 Å². The van der Waals surface area contributed by atoms with Crippen LogP contribution >= 0.6 is 0 Å². The van der Waals surface area contributed by atoms with Crippen molar-refractivity contribution in [3.05, 3.63) is 40.6 Å². The van der Waals surface area contributed by atoms with E-state index in [0.717, 1.165) is 41.4 Å². The standard InChI is InChI=1S/C20H24N2O2/c1-13-7-8-18-16(11-13)19(15-5-3-4-6-17(15)21-18)20(23)22-9-10-24-14(2)12-22/h7-8,11,14H,3-6,9-10,12H2,1-2H3. The highest BCUT2D eigenvalue weighted by atomic mass is 16.5. The van der Waals surface area contributed by atoms with E-state index in [1.807, 2.05) is 11.8 Å². The number of benzene rings is 1. The third-order valence-electron chi connectivity index (χ3n) is 5.16. The number of aromatic nitrogens is 1. The highest BCUT2D eigenvalue weighted by Crippen LogP contribution is 2.31. The van der Waals surface area contributed by atoms with Crippen molar-refractivity contribution in [3.8, 4) is 0 Å². The molecule has 2 heterocycles. The number of fused-ring (bicyclic) bond motifs is 2. The van der Waals surface area contributed by atoms with Crippen LogP contribution < -0.4 is 0 Å². The number of hydrogen-bond donors (Lipinski definition) is 0. The second-order valence-electron chi connectivity index (χ2n) is 7.07. The number of rotatable bonds is 1. The van der Waals surface area contributed by atoms with E-state index in [9.17, 15) is 4.79 Å². The van der Waals surface area contributed by atoms with Crippen molar-refractivity contribution in [2.24, 2.45) is 0 Å². The average Bonchev–Trinajstić information content (AvgIpc) is 2.59. The Bertz CT molecular complexity index is 800. The van der Waals surface area contributed by atoms with Crippen molar-refractivity contribution < 1.29 is 9.53 Å². The molecule has 0 radical (unpaired) electrons. The lowest BCUT2D eigenvalue weighted by Gasteiger charge is -2.32. The van der Waals surface area contributed by atoms with Gasteiger partial charge in [0.25, 0.3) is 5.91 Å². The predicted octanol–water partition coefficient (Wildman–Crippen LogP) is 3.28. The molecule has 4 heteroatoms. The zero-order chi connectivity index (χ0) is 16.7. The molecule has 1 aliphatic carbocycles. The van der Waals surface area contributed by atoms with Crippen molar-refractivity contribution in [2.75, 3.05) is 19.7 Å². The molecule has 24 heavy (non-hydrogen) atoms. The molecule has 0 N–H and O–H groups in total. The van der Waals surface area contributed by atoms with E-state index >= 15 is 0 Å². The van der Waals surface area contributed by atoms with Crippen molar-refractivity contribution in [1.82, 2.24) is 9.88 Å². The molecule has 2 aromatic rings. The van der Waals surface area contributed by atoms with Crippen LogP contribution in [-0.2, 0) is 17.6 Å².